The largest absolute Gasteiger partial charge is 0.379 e. The summed E-state index contributed by atoms with van der Waals surface area (Å²) in [7, 11) is -4.27. The van der Waals surface area contributed by atoms with Crippen LogP contribution in [0.4, 0.5) is 4.39 Å². The molecule has 5 nitrogen and oxygen atoms in total. The Morgan fingerprint density at radius 2 is 1.54 bits per heavy atom. The van der Waals surface area contributed by atoms with Gasteiger partial charge in [0, 0.05) is 16.1 Å². The van der Waals surface area contributed by atoms with Crippen molar-refractivity contribution in [2.45, 2.75) is 4.90 Å². The standard InChI is InChI=1S/C20H11ClFNO4S/c21-16-5-1-13(2-6-16)20(24)14-3-7-17(8-4-14)27-28(25,26)18-9-10-19(22)15(11-18)12-23/h1-11H. The van der Waals surface area contributed by atoms with E-state index in [1.54, 1.807) is 30.3 Å². The third kappa shape index (κ3) is 4.19. The van der Waals surface area contributed by atoms with E-state index < -0.39 is 21.5 Å². The van der Waals surface area contributed by atoms with Gasteiger partial charge in [-0.05, 0) is 66.7 Å². The molecule has 3 rings (SSSR count). The van der Waals surface area contributed by atoms with Crippen LogP contribution in [0, 0.1) is 17.1 Å². The molecule has 3 aromatic rings. The Balaban J connectivity index is 1.81. The van der Waals surface area contributed by atoms with E-state index in [0.717, 1.165) is 18.2 Å². The highest BCUT2D eigenvalue weighted by Gasteiger charge is 2.19. The maximum Gasteiger partial charge on any atom is 0.339 e. The molecule has 0 unspecified atom stereocenters. The van der Waals surface area contributed by atoms with E-state index in [1.165, 1.54) is 24.3 Å². The second-order valence-corrected chi connectivity index (χ2v) is 7.63. The highest BCUT2D eigenvalue weighted by Crippen LogP contribution is 2.22. The molecule has 0 saturated heterocycles. The van der Waals surface area contributed by atoms with Gasteiger partial charge < -0.3 is 4.18 Å². The first-order chi connectivity index (χ1) is 13.3. The highest BCUT2D eigenvalue weighted by atomic mass is 35.5. The average Bonchev–Trinajstić information content (AvgIpc) is 2.68. The van der Waals surface area contributed by atoms with Gasteiger partial charge in [-0.25, -0.2) is 4.39 Å². The van der Waals surface area contributed by atoms with Gasteiger partial charge in [-0.15, -0.1) is 0 Å². The Labute approximate surface area is 165 Å². The molecular weight excluding hydrogens is 405 g/mol. The molecule has 0 amide bonds. The lowest BCUT2D eigenvalue weighted by Crippen LogP contribution is -2.10. The van der Waals surface area contributed by atoms with E-state index in [1.807, 2.05) is 0 Å². The molecule has 0 atom stereocenters. The van der Waals surface area contributed by atoms with Gasteiger partial charge in [0.15, 0.2) is 5.78 Å². The number of ketones is 1. The summed E-state index contributed by atoms with van der Waals surface area (Å²) in [5.41, 5.74) is 0.357. The lowest BCUT2D eigenvalue weighted by Gasteiger charge is -2.08. The average molecular weight is 416 g/mol. The van der Waals surface area contributed by atoms with Crippen molar-refractivity contribution in [2.75, 3.05) is 0 Å². The van der Waals surface area contributed by atoms with Crippen molar-refractivity contribution in [1.29, 1.82) is 5.26 Å². The summed E-state index contributed by atoms with van der Waals surface area (Å²) in [6, 6.07) is 16.2. The van der Waals surface area contributed by atoms with Crippen LogP contribution in [0.15, 0.2) is 71.6 Å². The molecule has 0 N–H and O–H groups in total. The normalized spacial score (nSPS) is 10.9. The van der Waals surface area contributed by atoms with E-state index in [9.17, 15) is 17.6 Å². The number of carbonyl (C=O) groups is 1. The number of nitrogens with zero attached hydrogens (tertiary/aromatic N) is 1. The zero-order chi connectivity index (χ0) is 20.3. The molecule has 0 aromatic heterocycles. The molecule has 8 heteroatoms. The fourth-order valence-electron chi connectivity index (χ4n) is 2.35. The van der Waals surface area contributed by atoms with Gasteiger partial charge >= 0.3 is 10.1 Å². The van der Waals surface area contributed by atoms with Crippen molar-refractivity contribution >= 4 is 27.5 Å². The first kappa shape index (κ1) is 19.5. The summed E-state index contributed by atoms with van der Waals surface area (Å²) in [5, 5.41) is 9.33. The molecule has 3 aromatic carbocycles. The van der Waals surface area contributed by atoms with Crippen molar-refractivity contribution in [3.05, 3.63) is 94.3 Å². The monoisotopic (exact) mass is 415 g/mol. The van der Waals surface area contributed by atoms with E-state index in [0.29, 0.717) is 16.1 Å². The van der Waals surface area contributed by atoms with Crippen LogP contribution in [0.3, 0.4) is 0 Å². The van der Waals surface area contributed by atoms with Gasteiger partial charge in [0.1, 0.15) is 22.5 Å². The Hall–Kier alpha value is -3.21. The molecule has 0 heterocycles. The molecule has 140 valence electrons. The summed E-state index contributed by atoms with van der Waals surface area (Å²) in [4.78, 5) is 12.1. The Morgan fingerprint density at radius 1 is 0.964 bits per heavy atom. The van der Waals surface area contributed by atoms with Crippen LogP contribution in [-0.2, 0) is 10.1 Å². The van der Waals surface area contributed by atoms with Gasteiger partial charge in [-0.3, -0.25) is 4.79 Å². The summed E-state index contributed by atoms with van der Waals surface area (Å²) in [6.07, 6.45) is 0. The smallest absolute Gasteiger partial charge is 0.339 e. The van der Waals surface area contributed by atoms with E-state index in [-0.39, 0.29) is 16.4 Å². The lowest BCUT2D eigenvalue weighted by molar-refractivity contribution is 0.103. The number of rotatable bonds is 5. The summed E-state index contributed by atoms with van der Waals surface area (Å²) >= 11 is 5.80. The Morgan fingerprint density at radius 3 is 2.11 bits per heavy atom. The fourth-order valence-corrected chi connectivity index (χ4v) is 3.43. The van der Waals surface area contributed by atoms with E-state index in [4.69, 9.17) is 21.0 Å². The van der Waals surface area contributed by atoms with Gasteiger partial charge in [-0.2, -0.15) is 13.7 Å². The molecule has 0 bridgehead atoms. The van der Waals surface area contributed by atoms with Crippen molar-refractivity contribution in [3.8, 4) is 11.8 Å². The van der Waals surface area contributed by atoms with Crippen LogP contribution in [0.2, 0.25) is 5.02 Å². The zero-order valence-corrected chi connectivity index (χ0v) is 15.7. The van der Waals surface area contributed by atoms with E-state index in [2.05, 4.69) is 0 Å². The fraction of sp³-hybridized carbons (Fsp3) is 0. The van der Waals surface area contributed by atoms with Crippen molar-refractivity contribution in [2.24, 2.45) is 0 Å². The van der Waals surface area contributed by atoms with Gasteiger partial charge in [0.2, 0.25) is 0 Å². The predicted octanol–water partition coefficient (Wildman–Crippen LogP) is 4.35. The van der Waals surface area contributed by atoms with Crippen molar-refractivity contribution in [1.82, 2.24) is 0 Å². The highest BCUT2D eigenvalue weighted by molar-refractivity contribution is 7.87. The second-order valence-electron chi connectivity index (χ2n) is 5.65. The topological polar surface area (TPSA) is 84.2 Å². The first-order valence-electron chi connectivity index (χ1n) is 7.84. The number of hydrogen-bond acceptors (Lipinski definition) is 5. The molecule has 0 spiro atoms. The SMILES string of the molecule is N#Cc1cc(S(=O)(=O)Oc2ccc(C(=O)c3ccc(Cl)cc3)cc2)ccc1F. The third-order valence-electron chi connectivity index (χ3n) is 3.78. The lowest BCUT2D eigenvalue weighted by atomic mass is 10.0. The van der Waals surface area contributed by atoms with Gasteiger partial charge in [0.25, 0.3) is 0 Å². The number of halogens is 2. The Bertz CT molecular complexity index is 1180. The zero-order valence-electron chi connectivity index (χ0n) is 14.1. The maximum atomic E-state index is 13.4. The summed E-state index contributed by atoms with van der Waals surface area (Å²) in [6.45, 7) is 0. The number of nitriles is 1. The number of hydrogen-bond donors (Lipinski definition) is 0. The molecule has 0 aliphatic heterocycles. The predicted molar refractivity (Wildman–Crippen MR) is 100 cm³/mol. The molecule has 0 fully saturated rings. The Kier molecular flexibility index (Phi) is 5.45. The van der Waals surface area contributed by atoms with E-state index >= 15 is 0 Å². The number of benzene rings is 3. The third-order valence-corrected chi connectivity index (χ3v) is 5.27. The quantitative estimate of drug-likeness (QED) is 0.457. The minimum absolute atomic E-state index is 0.0320. The van der Waals surface area contributed by atoms with Crippen molar-refractivity contribution < 1.29 is 21.8 Å². The summed E-state index contributed by atoms with van der Waals surface area (Å²) in [5.74, 6) is -1.12. The minimum atomic E-state index is -4.27. The van der Waals surface area contributed by atoms with Crippen LogP contribution in [-0.4, -0.2) is 14.2 Å². The first-order valence-corrected chi connectivity index (χ1v) is 9.63. The van der Waals surface area contributed by atoms with Crippen LogP contribution < -0.4 is 4.18 Å². The molecule has 0 radical (unpaired) electrons. The maximum absolute atomic E-state index is 13.4. The van der Waals surface area contributed by atoms with Crippen LogP contribution in [0.1, 0.15) is 21.5 Å². The number of carbonyl (C=O) groups excluding carboxylic acids is 1. The molecule has 0 aliphatic rings. The van der Waals surface area contributed by atoms with Gasteiger partial charge in [0.05, 0.1) is 5.56 Å². The molecular formula is C20H11ClFNO4S. The molecule has 28 heavy (non-hydrogen) atoms. The van der Waals surface area contributed by atoms with Crippen LogP contribution in [0.25, 0.3) is 0 Å². The molecule has 0 aliphatic carbocycles. The summed E-state index contributed by atoms with van der Waals surface area (Å²) < 4.78 is 43.0. The van der Waals surface area contributed by atoms with Gasteiger partial charge in [-0.1, -0.05) is 11.6 Å². The minimum Gasteiger partial charge on any atom is -0.379 e. The van der Waals surface area contributed by atoms with Crippen LogP contribution in [0.5, 0.6) is 5.75 Å². The molecule has 0 saturated carbocycles. The second kappa shape index (κ2) is 7.80. The van der Waals surface area contributed by atoms with Crippen molar-refractivity contribution in [3.63, 3.8) is 0 Å². The van der Waals surface area contributed by atoms with Crippen LogP contribution >= 0.6 is 11.6 Å².